The number of aliphatic hydroxyl groups is 1. The van der Waals surface area contributed by atoms with Crippen LogP contribution in [0.4, 0.5) is 18.9 Å². The summed E-state index contributed by atoms with van der Waals surface area (Å²) in [4.78, 5) is 36.1. The number of carbonyl (C=O) groups excluding carboxylic acids is 3. The van der Waals surface area contributed by atoms with Gasteiger partial charge in [-0.15, -0.1) is 0 Å². The van der Waals surface area contributed by atoms with Crippen LogP contribution in [-0.4, -0.2) is 46.7 Å². The molecular weight excluding hydrogens is 505 g/mol. The Labute approximate surface area is 215 Å². The first-order chi connectivity index (χ1) is 18.1. The molecule has 38 heavy (non-hydrogen) atoms. The number of nitrogens with one attached hydrogen (secondary N) is 4. The Balaban J connectivity index is 1.53. The number of hydroxylamine groups is 1. The first-order valence-electron chi connectivity index (χ1n) is 11.4. The Kier molecular flexibility index (Phi) is 9.55. The van der Waals surface area contributed by atoms with Gasteiger partial charge >= 0.3 is 0 Å². The maximum Gasteiger partial charge on any atom is 0.268 e. The van der Waals surface area contributed by atoms with Crippen molar-refractivity contribution in [2.45, 2.75) is 25.6 Å². The fourth-order valence-electron chi connectivity index (χ4n) is 3.50. The molecule has 2 atom stereocenters. The molecule has 0 fully saturated rings. The van der Waals surface area contributed by atoms with Crippen LogP contribution in [0.5, 0.6) is 0 Å². The number of hydrogen-bond acceptors (Lipinski definition) is 6. The summed E-state index contributed by atoms with van der Waals surface area (Å²) in [5.74, 6) is -6.13. The average Bonchev–Trinajstić information content (AvgIpc) is 2.90. The normalized spacial score (nSPS) is 12.4. The first kappa shape index (κ1) is 28.3. The third-order valence-electron chi connectivity index (χ3n) is 5.47. The molecule has 0 aromatic heterocycles. The van der Waals surface area contributed by atoms with Gasteiger partial charge < -0.3 is 21.1 Å². The van der Waals surface area contributed by atoms with Gasteiger partial charge in [-0.25, -0.2) is 18.7 Å². The van der Waals surface area contributed by atoms with Crippen LogP contribution in [0.15, 0.2) is 60.7 Å². The predicted molar refractivity (Wildman–Crippen MR) is 131 cm³/mol. The van der Waals surface area contributed by atoms with Crippen LogP contribution in [0, 0.1) is 17.5 Å². The van der Waals surface area contributed by atoms with Crippen molar-refractivity contribution < 1.29 is 37.9 Å². The number of benzene rings is 3. The SMILES string of the molecule is C[C@@H](O)[C@H](NC(=O)c1ccc(-c2ccc(NC(=O)CNCc3cc(F)c(F)c(F)c3)cc2)cc1)C(=O)NO. The minimum absolute atomic E-state index is 0.0389. The highest BCUT2D eigenvalue weighted by molar-refractivity contribution is 5.98. The minimum atomic E-state index is -1.55. The topological polar surface area (TPSA) is 140 Å². The van der Waals surface area contributed by atoms with Gasteiger partial charge in [-0.05, 0) is 60.0 Å². The third kappa shape index (κ3) is 7.38. The van der Waals surface area contributed by atoms with Crippen molar-refractivity contribution in [3.05, 3.63) is 89.2 Å². The summed E-state index contributed by atoms with van der Waals surface area (Å²) in [5, 5.41) is 26.1. The molecule has 3 aromatic rings. The van der Waals surface area contributed by atoms with E-state index in [0.29, 0.717) is 5.69 Å². The van der Waals surface area contributed by atoms with Gasteiger partial charge in [-0.2, -0.15) is 0 Å². The number of hydrogen-bond donors (Lipinski definition) is 6. The van der Waals surface area contributed by atoms with Crippen LogP contribution in [-0.2, 0) is 16.1 Å². The summed E-state index contributed by atoms with van der Waals surface area (Å²) in [5.41, 5.74) is 3.83. The van der Waals surface area contributed by atoms with Crippen molar-refractivity contribution in [3.63, 3.8) is 0 Å². The van der Waals surface area contributed by atoms with E-state index in [0.717, 1.165) is 23.3 Å². The van der Waals surface area contributed by atoms with E-state index in [1.807, 2.05) is 0 Å². The lowest BCUT2D eigenvalue weighted by atomic mass is 10.0. The standard InChI is InChI=1S/C26H25F3N4O5/c1-14(34)24(26(37)33-38)32-25(36)18-4-2-16(3-5-18)17-6-8-19(9-7-17)31-22(35)13-30-12-15-10-20(27)23(29)21(28)11-15/h2-11,14,24,30,34,38H,12-13H2,1H3,(H,31,35)(H,32,36)(H,33,37)/t14-,24+/m1/s1. The average molecular weight is 531 g/mol. The smallest absolute Gasteiger partial charge is 0.268 e. The summed E-state index contributed by atoms with van der Waals surface area (Å²) < 4.78 is 39.5. The highest BCUT2D eigenvalue weighted by atomic mass is 19.2. The van der Waals surface area contributed by atoms with Crippen LogP contribution in [0.2, 0.25) is 0 Å². The molecule has 0 aliphatic heterocycles. The number of amides is 3. The molecule has 0 spiro atoms. The van der Waals surface area contributed by atoms with E-state index >= 15 is 0 Å². The van der Waals surface area contributed by atoms with Crippen molar-refractivity contribution in [1.29, 1.82) is 0 Å². The van der Waals surface area contributed by atoms with Crippen LogP contribution in [0.1, 0.15) is 22.8 Å². The van der Waals surface area contributed by atoms with E-state index in [4.69, 9.17) is 5.21 Å². The molecule has 0 aliphatic rings. The second-order valence-electron chi connectivity index (χ2n) is 8.35. The van der Waals surface area contributed by atoms with Gasteiger partial charge in [0.1, 0.15) is 6.04 Å². The van der Waals surface area contributed by atoms with Gasteiger partial charge in [-0.3, -0.25) is 19.6 Å². The largest absolute Gasteiger partial charge is 0.391 e. The Hall–Kier alpha value is -4.26. The van der Waals surface area contributed by atoms with Crippen LogP contribution >= 0.6 is 0 Å². The number of anilines is 1. The summed E-state index contributed by atoms with van der Waals surface area (Å²) in [6.45, 7) is 1.11. The summed E-state index contributed by atoms with van der Waals surface area (Å²) >= 11 is 0. The molecule has 0 saturated carbocycles. The van der Waals surface area contributed by atoms with Crippen LogP contribution < -0.4 is 21.4 Å². The second kappa shape index (κ2) is 12.8. The van der Waals surface area contributed by atoms with Crippen molar-refractivity contribution in [1.82, 2.24) is 16.1 Å². The van der Waals surface area contributed by atoms with E-state index in [1.165, 1.54) is 24.5 Å². The molecular formula is C26H25F3N4O5. The maximum absolute atomic E-state index is 13.3. The van der Waals surface area contributed by atoms with Gasteiger partial charge in [0.15, 0.2) is 17.5 Å². The van der Waals surface area contributed by atoms with Gasteiger partial charge in [-0.1, -0.05) is 24.3 Å². The van der Waals surface area contributed by atoms with Gasteiger partial charge in [0.05, 0.1) is 12.6 Å². The van der Waals surface area contributed by atoms with E-state index in [1.54, 1.807) is 36.4 Å². The van der Waals surface area contributed by atoms with Gasteiger partial charge in [0.25, 0.3) is 11.8 Å². The van der Waals surface area contributed by atoms with Crippen molar-refractivity contribution in [3.8, 4) is 11.1 Å². The number of aliphatic hydroxyl groups excluding tert-OH is 1. The van der Waals surface area contributed by atoms with E-state index in [-0.39, 0.29) is 24.2 Å². The fraction of sp³-hybridized carbons (Fsp3) is 0.192. The van der Waals surface area contributed by atoms with Gasteiger partial charge in [0.2, 0.25) is 5.91 Å². The molecule has 12 heteroatoms. The minimum Gasteiger partial charge on any atom is -0.391 e. The Bertz CT molecular complexity index is 1280. The van der Waals surface area contributed by atoms with E-state index in [9.17, 15) is 32.7 Å². The van der Waals surface area contributed by atoms with Crippen LogP contribution in [0.3, 0.4) is 0 Å². The Morgan fingerprint density at radius 3 is 1.97 bits per heavy atom. The predicted octanol–water partition coefficient (Wildman–Crippen LogP) is 2.48. The lowest BCUT2D eigenvalue weighted by Gasteiger charge is -2.19. The fourth-order valence-corrected chi connectivity index (χ4v) is 3.50. The summed E-state index contributed by atoms with van der Waals surface area (Å²) in [6.07, 6.45) is -1.23. The van der Waals surface area contributed by atoms with E-state index in [2.05, 4.69) is 16.0 Å². The van der Waals surface area contributed by atoms with Crippen molar-refractivity contribution in [2.24, 2.45) is 0 Å². The molecule has 0 heterocycles. The van der Waals surface area contributed by atoms with Gasteiger partial charge in [0, 0.05) is 17.8 Å². The van der Waals surface area contributed by atoms with E-state index < -0.39 is 47.3 Å². The molecule has 0 bridgehead atoms. The Morgan fingerprint density at radius 1 is 0.895 bits per heavy atom. The molecule has 6 N–H and O–H groups in total. The highest BCUT2D eigenvalue weighted by Gasteiger charge is 2.25. The first-order valence-corrected chi connectivity index (χ1v) is 11.4. The molecule has 3 rings (SSSR count). The zero-order valence-corrected chi connectivity index (χ0v) is 20.1. The van der Waals surface area contributed by atoms with Crippen LogP contribution in [0.25, 0.3) is 11.1 Å². The molecule has 0 aliphatic carbocycles. The number of halogens is 3. The molecule has 0 saturated heterocycles. The summed E-state index contributed by atoms with van der Waals surface area (Å²) in [6, 6.07) is 13.6. The lowest BCUT2D eigenvalue weighted by molar-refractivity contribution is -0.133. The second-order valence-corrected chi connectivity index (χ2v) is 8.35. The molecule has 0 unspecified atom stereocenters. The molecule has 9 nitrogen and oxygen atoms in total. The molecule has 3 amide bonds. The maximum atomic E-state index is 13.3. The monoisotopic (exact) mass is 530 g/mol. The number of rotatable bonds is 10. The number of carbonyl (C=O) groups is 3. The molecule has 0 radical (unpaired) electrons. The lowest BCUT2D eigenvalue weighted by Crippen LogP contribution is -2.51. The Morgan fingerprint density at radius 2 is 1.45 bits per heavy atom. The molecule has 3 aromatic carbocycles. The summed E-state index contributed by atoms with van der Waals surface area (Å²) in [7, 11) is 0. The highest BCUT2D eigenvalue weighted by Crippen LogP contribution is 2.22. The third-order valence-corrected chi connectivity index (χ3v) is 5.47. The van der Waals surface area contributed by atoms with Crippen molar-refractivity contribution >= 4 is 23.4 Å². The quantitative estimate of drug-likeness (QED) is 0.135. The molecule has 200 valence electrons. The zero-order chi connectivity index (χ0) is 27.8. The zero-order valence-electron chi connectivity index (χ0n) is 20.1. The van der Waals surface area contributed by atoms with Crippen molar-refractivity contribution in [2.75, 3.05) is 11.9 Å².